The predicted octanol–water partition coefficient (Wildman–Crippen LogP) is 0.903. The van der Waals surface area contributed by atoms with Crippen molar-refractivity contribution in [1.29, 1.82) is 0 Å². The summed E-state index contributed by atoms with van der Waals surface area (Å²) in [5.41, 5.74) is 0. The Morgan fingerprint density at radius 2 is 2.25 bits per heavy atom. The minimum absolute atomic E-state index is 0.0866. The summed E-state index contributed by atoms with van der Waals surface area (Å²) in [7, 11) is 3.30. The molecule has 16 heavy (non-hydrogen) atoms. The second kappa shape index (κ2) is 7.32. The maximum atomic E-state index is 5.22. The molecule has 6 nitrogen and oxygen atoms in total. The number of nitrogens with one attached hydrogen (secondary N) is 1. The van der Waals surface area contributed by atoms with E-state index in [0.29, 0.717) is 24.9 Å². The molecule has 0 saturated carbocycles. The summed E-state index contributed by atoms with van der Waals surface area (Å²) in [6, 6.07) is 0. The van der Waals surface area contributed by atoms with E-state index in [9.17, 15) is 0 Å². The lowest BCUT2D eigenvalue weighted by molar-refractivity contribution is 0.0903. The molecule has 0 fully saturated rings. The molecule has 0 radical (unpaired) electrons. The number of hydrogen-bond acceptors (Lipinski definition) is 6. The maximum absolute atomic E-state index is 5.22. The zero-order valence-corrected chi connectivity index (χ0v) is 10.0. The van der Waals surface area contributed by atoms with Crippen molar-refractivity contribution in [1.82, 2.24) is 15.5 Å². The van der Waals surface area contributed by atoms with Crippen molar-refractivity contribution >= 4 is 0 Å². The van der Waals surface area contributed by atoms with Gasteiger partial charge in [0.05, 0.1) is 13.2 Å². The monoisotopic (exact) mass is 229 g/mol. The Bertz CT molecular complexity index is 287. The van der Waals surface area contributed by atoms with E-state index in [1.54, 1.807) is 14.2 Å². The largest absolute Gasteiger partial charge is 0.383 e. The molecule has 1 rings (SSSR count). The summed E-state index contributed by atoms with van der Waals surface area (Å²) in [5.74, 6) is 1.18. The van der Waals surface area contributed by atoms with Crippen molar-refractivity contribution in [3.63, 3.8) is 0 Å². The minimum Gasteiger partial charge on any atom is -0.383 e. The lowest BCUT2D eigenvalue weighted by atomic mass is 10.3. The Labute approximate surface area is 95.3 Å². The van der Waals surface area contributed by atoms with Crippen LogP contribution in [0.4, 0.5) is 0 Å². The van der Waals surface area contributed by atoms with E-state index in [1.165, 1.54) is 0 Å². The number of methoxy groups -OCH3 is 2. The molecular formula is C10H19N3O3. The molecule has 6 heteroatoms. The van der Waals surface area contributed by atoms with Crippen LogP contribution in [0, 0.1) is 0 Å². The van der Waals surface area contributed by atoms with Crippen molar-refractivity contribution in [3.05, 3.63) is 11.7 Å². The third kappa shape index (κ3) is 3.88. The minimum atomic E-state index is -0.0866. The molecular weight excluding hydrogens is 210 g/mol. The van der Waals surface area contributed by atoms with Gasteiger partial charge >= 0.3 is 0 Å². The van der Waals surface area contributed by atoms with Crippen LogP contribution in [-0.2, 0) is 16.0 Å². The van der Waals surface area contributed by atoms with Gasteiger partial charge in [0.15, 0.2) is 0 Å². The second-order valence-corrected chi connectivity index (χ2v) is 3.35. The van der Waals surface area contributed by atoms with Crippen LogP contribution in [0.25, 0.3) is 0 Å². The van der Waals surface area contributed by atoms with Crippen LogP contribution in [-0.4, -0.2) is 37.5 Å². The topological polar surface area (TPSA) is 69.4 Å². The van der Waals surface area contributed by atoms with Crippen LogP contribution in [0.5, 0.6) is 0 Å². The molecule has 0 aromatic carbocycles. The Balaban J connectivity index is 2.38. The number of nitrogens with zero attached hydrogens (tertiary/aromatic N) is 2. The van der Waals surface area contributed by atoms with Gasteiger partial charge in [0.1, 0.15) is 6.10 Å². The third-order valence-electron chi connectivity index (χ3n) is 2.19. The molecule has 1 heterocycles. The first-order valence-electron chi connectivity index (χ1n) is 5.36. The van der Waals surface area contributed by atoms with Gasteiger partial charge in [-0.2, -0.15) is 4.98 Å². The molecule has 0 bridgehead atoms. The zero-order chi connectivity index (χ0) is 11.8. The quantitative estimate of drug-likeness (QED) is 0.668. The molecule has 1 unspecified atom stereocenters. The van der Waals surface area contributed by atoms with Crippen LogP contribution in [0.15, 0.2) is 4.52 Å². The van der Waals surface area contributed by atoms with E-state index in [2.05, 4.69) is 15.5 Å². The van der Waals surface area contributed by atoms with Crippen molar-refractivity contribution in [2.24, 2.45) is 0 Å². The van der Waals surface area contributed by atoms with Gasteiger partial charge in [-0.25, -0.2) is 0 Å². The number of ether oxygens (including phenoxy) is 2. The van der Waals surface area contributed by atoms with E-state index in [1.807, 2.05) is 6.92 Å². The van der Waals surface area contributed by atoms with Crippen LogP contribution in [0.3, 0.4) is 0 Å². The summed E-state index contributed by atoms with van der Waals surface area (Å²) in [6.45, 7) is 3.99. The van der Waals surface area contributed by atoms with Crippen molar-refractivity contribution in [2.75, 3.05) is 27.4 Å². The van der Waals surface area contributed by atoms with E-state index in [0.717, 1.165) is 13.0 Å². The molecule has 92 valence electrons. The Morgan fingerprint density at radius 1 is 1.44 bits per heavy atom. The van der Waals surface area contributed by atoms with Gasteiger partial charge in [0.25, 0.3) is 0 Å². The molecule has 0 aliphatic heterocycles. The Morgan fingerprint density at radius 3 is 2.88 bits per heavy atom. The average molecular weight is 229 g/mol. The molecule has 0 aliphatic carbocycles. The molecule has 0 saturated heterocycles. The van der Waals surface area contributed by atoms with E-state index in [-0.39, 0.29) is 6.10 Å². The SMILES string of the molecule is CCC(OC)c1noc(CNCCOC)n1. The third-order valence-corrected chi connectivity index (χ3v) is 2.19. The molecule has 1 aromatic heterocycles. The smallest absolute Gasteiger partial charge is 0.240 e. The van der Waals surface area contributed by atoms with Gasteiger partial charge in [-0.05, 0) is 6.42 Å². The van der Waals surface area contributed by atoms with Crippen LogP contribution >= 0.6 is 0 Å². The molecule has 0 aliphatic rings. The highest BCUT2D eigenvalue weighted by molar-refractivity contribution is 4.90. The summed E-state index contributed by atoms with van der Waals surface area (Å²) in [4.78, 5) is 4.24. The summed E-state index contributed by atoms with van der Waals surface area (Å²) in [5, 5.41) is 7.00. The normalized spacial score (nSPS) is 12.9. The number of hydrogen-bond donors (Lipinski definition) is 1. The molecule has 0 amide bonds. The first kappa shape index (κ1) is 13.1. The predicted molar refractivity (Wildman–Crippen MR) is 57.9 cm³/mol. The molecule has 1 N–H and O–H groups in total. The maximum Gasteiger partial charge on any atom is 0.240 e. The van der Waals surface area contributed by atoms with Crippen molar-refractivity contribution in [3.8, 4) is 0 Å². The van der Waals surface area contributed by atoms with Crippen LogP contribution in [0.2, 0.25) is 0 Å². The van der Waals surface area contributed by atoms with E-state index >= 15 is 0 Å². The summed E-state index contributed by atoms with van der Waals surface area (Å²) in [6.07, 6.45) is 0.739. The lowest BCUT2D eigenvalue weighted by Gasteiger charge is -2.06. The standard InChI is InChI=1S/C10H19N3O3/c1-4-8(15-3)10-12-9(16-13-10)7-11-5-6-14-2/h8,11H,4-7H2,1-3H3. The van der Waals surface area contributed by atoms with Gasteiger partial charge in [-0.1, -0.05) is 12.1 Å². The van der Waals surface area contributed by atoms with Gasteiger partial charge in [-0.15, -0.1) is 0 Å². The van der Waals surface area contributed by atoms with Gasteiger partial charge in [0, 0.05) is 20.8 Å². The summed E-state index contributed by atoms with van der Waals surface area (Å²) < 4.78 is 15.2. The lowest BCUT2D eigenvalue weighted by Crippen LogP contribution is -2.18. The fraction of sp³-hybridized carbons (Fsp3) is 0.800. The number of rotatable bonds is 8. The fourth-order valence-electron chi connectivity index (χ4n) is 1.29. The highest BCUT2D eigenvalue weighted by atomic mass is 16.5. The molecule has 1 atom stereocenters. The first-order chi connectivity index (χ1) is 7.81. The average Bonchev–Trinajstić information content (AvgIpc) is 2.75. The fourth-order valence-corrected chi connectivity index (χ4v) is 1.29. The van der Waals surface area contributed by atoms with Gasteiger partial charge in [0.2, 0.25) is 11.7 Å². The van der Waals surface area contributed by atoms with Gasteiger partial charge < -0.3 is 19.3 Å². The first-order valence-corrected chi connectivity index (χ1v) is 5.36. The number of aromatic nitrogens is 2. The highest BCUT2D eigenvalue weighted by Gasteiger charge is 2.15. The molecule has 1 aromatic rings. The van der Waals surface area contributed by atoms with Crippen LogP contribution in [0.1, 0.15) is 31.2 Å². The second-order valence-electron chi connectivity index (χ2n) is 3.35. The highest BCUT2D eigenvalue weighted by Crippen LogP contribution is 2.16. The molecule has 0 spiro atoms. The van der Waals surface area contributed by atoms with E-state index < -0.39 is 0 Å². The van der Waals surface area contributed by atoms with E-state index in [4.69, 9.17) is 14.0 Å². The van der Waals surface area contributed by atoms with Gasteiger partial charge in [-0.3, -0.25) is 0 Å². The van der Waals surface area contributed by atoms with Crippen molar-refractivity contribution < 1.29 is 14.0 Å². The zero-order valence-electron chi connectivity index (χ0n) is 10.0. The Kier molecular flexibility index (Phi) is 5.99. The van der Waals surface area contributed by atoms with Crippen LogP contribution < -0.4 is 5.32 Å². The Hall–Kier alpha value is -0.980. The summed E-state index contributed by atoms with van der Waals surface area (Å²) >= 11 is 0. The van der Waals surface area contributed by atoms with Crippen molar-refractivity contribution in [2.45, 2.75) is 26.0 Å².